The molecule has 0 saturated heterocycles. The molecule has 25 heavy (non-hydrogen) atoms. The average Bonchev–Trinajstić information content (AvgIpc) is 3.09. The normalized spacial score (nSPS) is 12.9. The van der Waals surface area contributed by atoms with Crippen molar-refractivity contribution in [1.82, 2.24) is 5.32 Å². The number of carbonyl (C=O) groups excluding carboxylic acids is 2. The Balaban J connectivity index is 2.00. The number of nitrogens with one attached hydrogen (secondary N) is 2. The monoisotopic (exact) mass is 363 g/mol. The van der Waals surface area contributed by atoms with Gasteiger partial charge in [0.1, 0.15) is 5.60 Å². The first-order valence-electron chi connectivity index (χ1n) is 7.31. The van der Waals surface area contributed by atoms with E-state index in [0.29, 0.717) is 10.4 Å². The van der Waals surface area contributed by atoms with Crippen molar-refractivity contribution in [1.29, 1.82) is 0 Å². The maximum absolute atomic E-state index is 12.0. The summed E-state index contributed by atoms with van der Waals surface area (Å²) in [6, 6.07) is 7.47. The zero-order chi connectivity index (χ0) is 18.6. The van der Waals surface area contributed by atoms with Crippen molar-refractivity contribution in [3.63, 3.8) is 0 Å². The van der Waals surface area contributed by atoms with Gasteiger partial charge in [-0.05, 0) is 30.9 Å². The Labute approximate surface area is 147 Å². The highest BCUT2D eigenvalue weighted by Crippen LogP contribution is 2.24. The van der Waals surface area contributed by atoms with E-state index in [9.17, 15) is 24.8 Å². The van der Waals surface area contributed by atoms with Crippen LogP contribution in [-0.2, 0) is 15.2 Å². The molecule has 0 spiro atoms. The van der Waals surface area contributed by atoms with Crippen molar-refractivity contribution in [2.24, 2.45) is 0 Å². The summed E-state index contributed by atoms with van der Waals surface area (Å²) in [7, 11) is 0. The molecule has 0 bridgehead atoms. The average molecular weight is 363 g/mol. The molecule has 132 valence electrons. The summed E-state index contributed by atoms with van der Waals surface area (Å²) in [5.74, 6) is -1.91. The number of aliphatic hydroxyl groups is 1. The van der Waals surface area contributed by atoms with Crippen LogP contribution in [0.1, 0.15) is 17.4 Å². The van der Waals surface area contributed by atoms with Gasteiger partial charge < -0.3 is 15.7 Å². The third-order valence-electron chi connectivity index (χ3n) is 3.53. The Morgan fingerprint density at radius 2 is 2.04 bits per heavy atom. The molecule has 0 aliphatic rings. The molecule has 2 rings (SSSR count). The number of nitro groups is 1. The molecular weight excluding hydrogens is 346 g/mol. The van der Waals surface area contributed by atoms with Crippen molar-refractivity contribution < 1.29 is 19.6 Å². The number of rotatable bonds is 5. The highest BCUT2D eigenvalue weighted by Gasteiger charge is 2.26. The Kier molecular flexibility index (Phi) is 5.50. The summed E-state index contributed by atoms with van der Waals surface area (Å²) in [6.07, 6.45) is 0. The number of thiophene rings is 1. The van der Waals surface area contributed by atoms with E-state index in [1.807, 2.05) is 0 Å². The predicted molar refractivity (Wildman–Crippen MR) is 93.4 cm³/mol. The van der Waals surface area contributed by atoms with Crippen LogP contribution in [0.2, 0.25) is 0 Å². The van der Waals surface area contributed by atoms with Crippen LogP contribution in [0.25, 0.3) is 0 Å². The number of nitro benzene ring substituents is 1. The lowest BCUT2D eigenvalue weighted by atomic mass is 10.1. The molecule has 1 aromatic heterocycles. The minimum Gasteiger partial charge on any atom is -0.383 e. The van der Waals surface area contributed by atoms with Crippen LogP contribution in [0.5, 0.6) is 0 Å². The lowest BCUT2D eigenvalue weighted by Gasteiger charge is -2.22. The Bertz CT molecular complexity index is 802. The van der Waals surface area contributed by atoms with E-state index >= 15 is 0 Å². The van der Waals surface area contributed by atoms with E-state index in [-0.39, 0.29) is 17.9 Å². The molecule has 0 aliphatic carbocycles. The first-order valence-corrected chi connectivity index (χ1v) is 8.19. The number of hydrogen-bond donors (Lipinski definition) is 3. The standard InChI is InChI=1S/C16H17N3O5S/c1-10-5-6-11(19(23)24)8-12(10)18-15(21)14(20)17-9-16(2,22)13-4-3-7-25-13/h3-8,22H,9H2,1-2H3,(H,17,20)(H,18,21). The molecule has 0 radical (unpaired) electrons. The summed E-state index contributed by atoms with van der Waals surface area (Å²) in [4.78, 5) is 34.8. The smallest absolute Gasteiger partial charge is 0.313 e. The minimum atomic E-state index is -1.30. The van der Waals surface area contributed by atoms with Crippen molar-refractivity contribution in [3.8, 4) is 0 Å². The predicted octanol–water partition coefficient (Wildman–Crippen LogP) is 1.93. The molecule has 0 fully saturated rings. The van der Waals surface area contributed by atoms with E-state index < -0.39 is 22.3 Å². The largest absolute Gasteiger partial charge is 0.383 e. The molecule has 1 atom stereocenters. The van der Waals surface area contributed by atoms with E-state index in [1.165, 1.54) is 36.5 Å². The van der Waals surface area contributed by atoms with Gasteiger partial charge in [0.05, 0.1) is 17.2 Å². The highest BCUT2D eigenvalue weighted by molar-refractivity contribution is 7.10. The third kappa shape index (κ3) is 4.61. The van der Waals surface area contributed by atoms with Crippen LogP contribution in [0, 0.1) is 17.0 Å². The van der Waals surface area contributed by atoms with Crippen LogP contribution < -0.4 is 10.6 Å². The van der Waals surface area contributed by atoms with Crippen molar-refractivity contribution >= 4 is 34.5 Å². The number of amides is 2. The quantitative estimate of drug-likeness (QED) is 0.426. The molecular formula is C16H17N3O5S. The van der Waals surface area contributed by atoms with Gasteiger partial charge in [0, 0.05) is 17.0 Å². The fourth-order valence-corrected chi connectivity index (χ4v) is 2.83. The minimum absolute atomic E-state index is 0.145. The van der Waals surface area contributed by atoms with E-state index in [0.717, 1.165) is 0 Å². The van der Waals surface area contributed by atoms with Gasteiger partial charge >= 0.3 is 11.8 Å². The molecule has 3 N–H and O–H groups in total. The number of nitrogens with zero attached hydrogens (tertiary/aromatic N) is 1. The number of non-ortho nitro benzene ring substituents is 1. The molecule has 8 nitrogen and oxygen atoms in total. The van der Waals surface area contributed by atoms with Crippen molar-refractivity contribution in [2.45, 2.75) is 19.4 Å². The maximum Gasteiger partial charge on any atom is 0.313 e. The molecule has 2 aromatic rings. The topological polar surface area (TPSA) is 122 Å². The second kappa shape index (κ2) is 7.41. The second-order valence-electron chi connectivity index (χ2n) is 5.64. The first-order chi connectivity index (χ1) is 11.7. The fraction of sp³-hybridized carbons (Fsp3) is 0.250. The van der Waals surface area contributed by atoms with E-state index in [1.54, 1.807) is 24.4 Å². The number of anilines is 1. The fourth-order valence-electron chi connectivity index (χ4n) is 2.04. The molecule has 1 heterocycles. The van der Waals surface area contributed by atoms with Gasteiger partial charge in [-0.15, -0.1) is 11.3 Å². The zero-order valence-electron chi connectivity index (χ0n) is 13.6. The lowest BCUT2D eigenvalue weighted by molar-refractivity contribution is -0.384. The van der Waals surface area contributed by atoms with E-state index in [2.05, 4.69) is 10.6 Å². The van der Waals surface area contributed by atoms with Gasteiger partial charge in [-0.3, -0.25) is 19.7 Å². The van der Waals surface area contributed by atoms with Crippen LogP contribution in [0.4, 0.5) is 11.4 Å². The second-order valence-corrected chi connectivity index (χ2v) is 6.59. The van der Waals surface area contributed by atoms with Gasteiger partial charge in [0.15, 0.2) is 0 Å². The maximum atomic E-state index is 12.0. The molecule has 1 unspecified atom stereocenters. The number of carbonyl (C=O) groups is 2. The van der Waals surface area contributed by atoms with Crippen molar-refractivity contribution in [3.05, 3.63) is 56.3 Å². The number of benzene rings is 1. The molecule has 0 aliphatic heterocycles. The van der Waals surface area contributed by atoms with Gasteiger partial charge in [-0.2, -0.15) is 0 Å². The van der Waals surface area contributed by atoms with E-state index in [4.69, 9.17) is 0 Å². The summed E-state index contributed by atoms with van der Waals surface area (Å²) in [5.41, 5.74) is -0.732. The van der Waals surface area contributed by atoms with Crippen LogP contribution in [0.15, 0.2) is 35.7 Å². The van der Waals surface area contributed by atoms with Gasteiger partial charge in [-0.25, -0.2) is 0 Å². The Morgan fingerprint density at radius 3 is 2.64 bits per heavy atom. The molecule has 2 amide bonds. The summed E-state index contributed by atoms with van der Waals surface area (Å²) in [5, 5.41) is 27.6. The number of hydrogen-bond acceptors (Lipinski definition) is 6. The zero-order valence-corrected chi connectivity index (χ0v) is 14.4. The Hall–Kier alpha value is -2.78. The number of aryl methyl sites for hydroxylation is 1. The third-order valence-corrected chi connectivity index (χ3v) is 4.65. The SMILES string of the molecule is Cc1ccc([N+](=O)[O-])cc1NC(=O)C(=O)NCC(C)(O)c1cccs1. The summed E-state index contributed by atoms with van der Waals surface area (Å²) in [6.45, 7) is 3.04. The van der Waals surface area contributed by atoms with Crippen LogP contribution in [-0.4, -0.2) is 28.4 Å². The van der Waals surface area contributed by atoms with Gasteiger partial charge in [0.25, 0.3) is 5.69 Å². The summed E-state index contributed by atoms with van der Waals surface area (Å²) < 4.78 is 0. The first kappa shape index (κ1) is 18.6. The van der Waals surface area contributed by atoms with Crippen LogP contribution >= 0.6 is 11.3 Å². The molecule has 1 aromatic carbocycles. The summed E-state index contributed by atoms with van der Waals surface area (Å²) >= 11 is 1.33. The van der Waals surface area contributed by atoms with Gasteiger partial charge in [-0.1, -0.05) is 12.1 Å². The molecule has 9 heteroatoms. The molecule has 0 saturated carbocycles. The van der Waals surface area contributed by atoms with Gasteiger partial charge in [0.2, 0.25) is 0 Å². The van der Waals surface area contributed by atoms with Crippen LogP contribution in [0.3, 0.4) is 0 Å². The lowest BCUT2D eigenvalue weighted by Crippen LogP contribution is -2.43. The van der Waals surface area contributed by atoms with Crippen molar-refractivity contribution in [2.75, 3.05) is 11.9 Å². The highest BCUT2D eigenvalue weighted by atomic mass is 32.1. The Morgan fingerprint density at radius 1 is 1.32 bits per heavy atom.